The maximum Gasteiger partial charge on any atom is 0.175 e. The standard InChI is InChI=1S/C9H8BrFN6/c10-4-1-2-5(11)6(3-4)14-15-7-8(12)16-17-9(7)13/h1-3H,(H5,12,13,16,17). The van der Waals surface area contributed by atoms with Crippen LogP contribution >= 0.6 is 15.9 Å². The average molecular weight is 299 g/mol. The molecule has 0 atom stereocenters. The molecule has 1 heterocycles. The molecule has 0 aliphatic rings. The van der Waals surface area contributed by atoms with Gasteiger partial charge in [-0.05, 0) is 18.2 Å². The third-order valence-electron chi connectivity index (χ3n) is 1.96. The number of nitrogens with one attached hydrogen (secondary N) is 1. The fraction of sp³-hybridized carbons (Fsp3) is 0. The van der Waals surface area contributed by atoms with E-state index in [-0.39, 0.29) is 23.0 Å². The highest BCUT2D eigenvalue weighted by atomic mass is 79.9. The minimum absolute atomic E-state index is 0.0828. The van der Waals surface area contributed by atoms with Crippen molar-refractivity contribution in [1.29, 1.82) is 0 Å². The summed E-state index contributed by atoms with van der Waals surface area (Å²) < 4.78 is 14.0. The van der Waals surface area contributed by atoms with Crippen LogP contribution in [0.1, 0.15) is 0 Å². The van der Waals surface area contributed by atoms with Crippen molar-refractivity contribution in [1.82, 2.24) is 10.2 Å². The summed E-state index contributed by atoms with van der Waals surface area (Å²) in [7, 11) is 0. The largest absolute Gasteiger partial charge is 0.382 e. The highest BCUT2D eigenvalue weighted by Gasteiger charge is 2.07. The van der Waals surface area contributed by atoms with E-state index in [1.807, 2.05) is 0 Å². The summed E-state index contributed by atoms with van der Waals surface area (Å²) in [5, 5.41) is 13.6. The zero-order valence-electron chi connectivity index (χ0n) is 8.48. The number of aromatic amines is 1. The first-order valence-corrected chi connectivity index (χ1v) is 5.33. The van der Waals surface area contributed by atoms with Crippen molar-refractivity contribution in [3.63, 3.8) is 0 Å². The second kappa shape index (κ2) is 4.50. The zero-order valence-corrected chi connectivity index (χ0v) is 10.1. The first-order chi connectivity index (χ1) is 8.08. The van der Waals surface area contributed by atoms with Gasteiger partial charge in [-0.1, -0.05) is 15.9 Å². The highest BCUT2D eigenvalue weighted by Crippen LogP contribution is 2.29. The second-order valence-electron chi connectivity index (χ2n) is 3.17. The molecule has 0 saturated carbocycles. The maximum absolute atomic E-state index is 13.3. The van der Waals surface area contributed by atoms with Gasteiger partial charge in [0.1, 0.15) is 11.5 Å². The van der Waals surface area contributed by atoms with E-state index in [0.29, 0.717) is 4.47 Å². The summed E-state index contributed by atoms with van der Waals surface area (Å²) in [6, 6.07) is 4.33. The van der Waals surface area contributed by atoms with Gasteiger partial charge in [0.2, 0.25) is 0 Å². The number of anilines is 2. The molecular weight excluding hydrogens is 291 g/mol. The van der Waals surface area contributed by atoms with Gasteiger partial charge in [0, 0.05) is 4.47 Å². The lowest BCUT2D eigenvalue weighted by Crippen LogP contribution is -1.84. The molecule has 88 valence electrons. The smallest absolute Gasteiger partial charge is 0.175 e. The molecule has 0 radical (unpaired) electrons. The third-order valence-corrected chi connectivity index (χ3v) is 2.45. The quantitative estimate of drug-likeness (QED) is 0.742. The molecule has 0 bridgehead atoms. The second-order valence-corrected chi connectivity index (χ2v) is 4.08. The number of nitrogen functional groups attached to an aromatic ring is 2. The van der Waals surface area contributed by atoms with E-state index in [2.05, 4.69) is 36.4 Å². The molecule has 0 fully saturated rings. The van der Waals surface area contributed by atoms with Crippen molar-refractivity contribution in [2.45, 2.75) is 0 Å². The van der Waals surface area contributed by atoms with Gasteiger partial charge in [-0.3, -0.25) is 5.10 Å². The van der Waals surface area contributed by atoms with E-state index >= 15 is 0 Å². The van der Waals surface area contributed by atoms with Gasteiger partial charge in [0.05, 0.1) is 0 Å². The molecule has 1 aromatic carbocycles. The molecule has 0 aliphatic carbocycles. The molecule has 0 unspecified atom stereocenters. The first-order valence-electron chi connectivity index (χ1n) is 4.54. The Morgan fingerprint density at radius 3 is 2.71 bits per heavy atom. The molecule has 2 rings (SSSR count). The molecule has 0 saturated heterocycles. The normalized spacial score (nSPS) is 11.2. The van der Waals surface area contributed by atoms with Crippen molar-refractivity contribution in [3.8, 4) is 0 Å². The topological polar surface area (TPSA) is 105 Å². The number of benzene rings is 1. The molecule has 5 N–H and O–H groups in total. The number of H-pyrrole nitrogens is 1. The molecule has 2 aromatic rings. The lowest BCUT2D eigenvalue weighted by atomic mass is 10.3. The summed E-state index contributed by atoms with van der Waals surface area (Å²) >= 11 is 3.21. The Morgan fingerprint density at radius 2 is 2.06 bits per heavy atom. The third kappa shape index (κ3) is 2.41. The van der Waals surface area contributed by atoms with Crippen molar-refractivity contribution >= 4 is 38.9 Å². The van der Waals surface area contributed by atoms with Crippen LogP contribution in [0, 0.1) is 5.82 Å². The Labute approximate surface area is 104 Å². The van der Waals surface area contributed by atoms with Crippen molar-refractivity contribution in [2.24, 2.45) is 10.2 Å². The fourth-order valence-corrected chi connectivity index (χ4v) is 1.48. The number of nitrogens with zero attached hydrogens (tertiary/aromatic N) is 3. The van der Waals surface area contributed by atoms with Crippen LogP contribution in [0.5, 0.6) is 0 Å². The molecule has 0 aliphatic heterocycles. The lowest BCUT2D eigenvalue weighted by Gasteiger charge is -1.96. The van der Waals surface area contributed by atoms with Crippen LogP contribution in [0.4, 0.5) is 27.4 Å². The first kappa shape index (κ1) is 11.5. The Bertz CT molecular complexity index is 559. The summed E-state index contributed by atoms with van der Waals surface area (Å²) in [6.45, 7) is 0. The van der Waals surface area contributed by atoms with Crippen LogP contribution in [-0.4, -0.2) is 10.2 Å². The zero-order chi connectivity index (χ0) is 12.4. The number of hydrogen-bond acceptors (Lipinski definition) is 5. The summed E-state index contributed by atoms with van der Waals surface area (Å²) in [5.41, 5.74) is 11.3. The Hall–Kier alpha value is -1.96. The number of rotatable bonds is 2. The molecule has 0 spiro atoms. The summed E-state index contributed by atoms with van der Waals surface area (Å²) in [5.74, 6) is -0.194. The van der Waals surface area contributed by atoms with Crippen LogP contribution in [-0.2, 0) is 0 Å². The number of hydrogen-bond donors (Lipinski definition) is 3. The minimum Gasteiger partial charge on any atom is -0.382 e. The van der Waals surface area contributed by atoms with Crippen LogP contribution in [0.3, 0.4) is 0 Å². The van der Waals surface area contributed by atoms with Gasteiger partial charge in [0.25, 0.3) is 0 Å². The van der Waals surface area contributed by atoms with Crippen LogP contribution in [0.25, 0.3) is 0 Å². The fourth-order valence-electron chi connectivity index (χ4n) is 1.14. The van der Waals surface area contributed by atoms with E-state index in [1.54, 1.807) is 6.07 Å². The van der Waals surface area contributed by atoms with E-state index in [0.717, 1.165) is 0 Å². The summed E-state index contributed by atoms with van der Waals surface area (Å²) in [6.07, 6.45) is 0. The van der Waals surface area contributed by atoms with Crippen LogP contribution in [0.15, 0.2) is 32.9 Å². The number of aromatic nitrogens is 2. The van der Waals surface area contributed by atoms with Gasteiger partial charge < -0.3 is 11.5 Å². The lowest BCUT2D eigenvalue weighted by molar-refractivity contribution is 0.628. The van der Waals surface area contributed by atoms with E-state index in [4.69, 9.17) is 11.5 Å². The Morgan fingerprint density at radius 1 is 1.29 bits per heavy atom. The molecular formula is C9H8BrFN6. The Kier molecular flexibility index (Phi) is 3.05. The van der Waals surface area contributed by atoms with Gasteiger partial charge >= 0.3 is 0 Å². The van der Waals surface area contributed by atoms with Gasteiger partial charge in [0.15, 0.2) is 17.3 Å². The molecule has 17 heavy (non-hydrogen) atoms. The van der Waals surface area contributed by atoms with E-state index in [9.17, 15) is 4.39 Å². The van der Waals surface area contributed by atoms with Gasteiger partial charge in [-0.15, -0.1) is 10.2 Å². The van der Waals surface area contributed by atoms with E-state index < -0.39 is 5.82 Å². The number of halogens is 2. The predicted octanol–water partition coefficient (Wildman–Crippen LogP) is 2.89. The average Bonchev–Trinajstić information content (AvgIpc) is 2.61. The number of azo groups is 1. The van der Waals surface area contributed by atoms with Crippen LogP contribution in [0.2, 0.25) is 0 Å². The minimum atomic E-state index is -0.488. The predicted molar refractivity (Wildman–Crippen MR) is 65.7 cm³/mol. The van der Waals surface area contributed by atoms with Crippen molar-refractivity contribution in [3.05, 3.63) is 28.5 Å². The highest BCUT2D eigenvalue weighted by molar-refractivity contribution is 9.10. The number of nitrogens with two attached hydrogens (primary N) is 2. The van der Waals surface area contributed by atoms with Crippen molar-refractivity contribution in [2.75, 3.05) is 11.5 Å². The molecule has 8 heteroatoms. The van der Waals surface area contributed by atoms with Gasteiger partial charge in [-0.25, -0.2) is 4.39 Å². The molecule has 1 aromatic heterocycles. The Balaban J connectivity index is 2.35. The molecule has 6 nitrogen and oxygen atoms in total. The maximum atomic E-state index is 13.3. The molecule has 0 amide bonds. The van der Waals surface area contributed by atoms with Gasteiger partial charge in [-0.2, -0.15) is 5.10 Å². The van der Waals surface area contributed by atoms with Crippen molar-refractivity contribution < 1.29 is 4.39 Å². The monoisotopic (exact) mass is 298 g/mol. The summed E-state index contributed by atoms with van der Waals surface area (Å²) in [4.78, 5) is 0. The van der Waals surface area contributed by atoms with E-state index in [1.165, 1.54) is 12.1 Å². The van der Waals surface area contributed by atoms with Crippen LogP contribution < -0.4 is 11.5 Å². The SMILES string of the molecule is Nc1n[nH]c(N)c1N=Nc1cc(Br)ccc1F.